The van der Waals surface area contributed by atoms with Gasteiger partial charge in [0.05, 0.1) is 6.04 Å². The number of hydrogen-bond donors (Lipinski definition) is 0. The Balaban J connectivity index is 3.04. The minimum atomic E-state index is -0.105. The van der Waals surface area contributed by atoms with Gasteiger partial charge in [-0.1, -0.05) is 37.3 Å². The maximum absolute atomic E-state index is 11.8. The summed E-state index contributed by atoms with van der Waals surface area (Å²) in [6.07, 6.45) is 0. The Labute approximate surface area is 98.3 Å². The zero-order chi connectivity index (χ0) is 12.1. The fraction of sp³-hybridized carbons (Fsp3) is 0.500. The van der Waals surface area contributed by atoms with Crippen molar-refractivity contribution in [3.05, 3.63) is 35.9 Å². The van der Waals surface area contributed by atoms with Crippen molar-refractivity contribution in [2.75, 3.05) is 6.54 Å². The van der Waals surface area contributed by atoms with E-state index in [0.717, 1.165) is 12.1 Å². The maximum atomic E-state index is 11.8. The summed E-state index contributed by atoms with van der Waals surface area (Å²) in [6, 6.07) is 10.3. The molecule has 2 heteroatoms. The van der Waals surface area contributed by atoms with Crippen LogP contribution in [0.5, 0.6) is 0 Å². The summed E-state index contributed by atoms with van der Waals surface area (Å²) in [4.78, 5) is 14.0. The molecule has 1 atom stereocenters. The highest BCUT2D eigenvalue weighted by Crippen LogP contribution is 2.23. The van der Waals surface area contributed by atoms with Gasteiger partial charge in [0, 0.05) is 6.04 Å². The van der Waals surface area contributed by atoms with Gasteiger partial charge in [-0.25, -0.2) is 0 Å². The first kappa shape index (κ1) is 12.9. The molecular formula is C14H21NO. The second-order valence-corrected chi connectivity index (χ2v) is 4.35. The number of hydrogen-bond acceptors (Lipinski definition) is 2. The van der Waals surface area contributed by atoms with E-state index in [1.165, 1.54) is 0 Å². The zero-order valence-electron chi connectivity index (χ0n) is 10.6. The van der Waals surface area contributed by atoms with Gasteiger partial charge in [-0.3, -0.25) is 9.69 Å². The van der Waals surface area contributed by atoms with Gasteiger partial charge in [-0.05, 0) is 32.9 Å². The Hall–Kier alpha value is -1.15. The van der Waals surface area contributed by atoms with Crippen molar-refractivity contribution in [2.45, 2.75) is 39.8 Å². The quantitative estimate of drug-likeness (QED) is 0.758. The summed E-state index contributed by atoms with van der Waals surface area (Å²) >= 11 is 0. The lowest BCUT2D eigenvalue weighted by Gasteiger charge is -2.32. The predicted molar refractivity (Wildman–Crippen MR) is 67.4 cm³/mol. The summed E-state index contributed by atoms with van der Waals surface area (Å²) in [6.45, 7) is 8.91. The molecule has 16 heavy (non-hydrogen) atoms. The Morgan fingerprint density at radius 1 is 1.25 bits per heavy atom. The molecule has 0 heterocycles. The van der Waals surface area contributed by atoms with E-state index in [9.17, 15) is 4.79 Å². The Kier molecular flexibility index (Phi) is 4.69. The van der Waals surface area contributed by atoms with Crippen LogP contribution in [0.4, 0.5) is 0 Å². The van der Waals surface area contributed by atoms with Crippen molar-refractivity contribution < 1.29 is 4.79 Å². The van der Waals surface area contributed by atoms with Crippen LogP contribution in [0.15, 0.2) is 30.3 Å². The minimum absolute atomic E-state index is 0.105. The lowest BCUT2D eigenvalue weighted by molar-refractivity contribution is -0.123. The molecule has 0 saturated carbocycles. The van der Waals surface area contributed by atoms with Gasteiger partial charge >= 0.3 is 0 Å². The van der Waals surface area contributed by atoms with Crippen LogP contribution in [0.1, 0.15) is 39.3 Å². The Morgan fingerprint density at radius 3 is 2.19 bits per heavy atom. The van der Waals surface area contributed by atoms with Crippen LogP contribution in [-0.4, -0.2) is 23.3 Å². The summed E-state index contributed by atoms with van der Waals surface area (Å²) in [5.74, 6) is 0.210. The molecule has 0 fully saturated rings. The van der Waals surface area contributed by atoms with Gasteiger partial charge in [0.2, 0.25) is 0 Å². The number of ketones is 1. The van der Waals surface area contributed by atoms with Gasteiger partial charge in [0.1, 0.15) is 0 Å². The van der Waals surface area contributed by atoms with Gasteiger partial charge in [-0.15, -0.1) is 0 Å². The van der Waals surface area contributed by atoms with Gasteiger partial charge in [-0.2, -0.15) is 0 Å². The van der Waals surface area contributed by atoms with E-state index in [4.69, 9.17) is 0 Å². The highest BCUT2D eigenvalue weighted by atomic mass is 16.1. The molecule has 88 valence electrons. The van der Waals surface area contributed by atoms with E-state index in [1.54, 1.807) is 6.92 Å². The van der Waals surface area contributed by atoms with Crippen LogP contribution >= 0.6 is 0 Å². The molecule has 0 amide bonds. The van der Waals surface area contributed by atoms with Gasteiger partial charge < -0.3 is 0 Å². The monoisotopic (exact) mass is 219 g/mol. The molecule has 1 unspecified atom stereocenters. The predicted octanol–water partition coefficient (Wildman–Crippen LogP) is 3.05. The molecule has 1 aromatic carbocycles. The van der Waals surface area contributed by atoms with E-state index in [2.05, 4.69) is 25.7 Å². The highest BCUT2D eigenvalue weighted by Gasteiger charge is 2.25. The van der Waals surface area contributed by atoms with Crippen molar-refractivity contribution in [1.82, 2.24) is 4.90 Å². The van der Waals surface area contributed by atoms with E-state index in [1.807, 2.05) is 30.3 Å². The van der Waals surface area contributed by atoms with E-state index in [0.29, 0.717) is 6.04 Å². The molecule has 0 N–H and O–H groups in total. The van der Waals surface area contributed by atoms with Crippen molar-refractivity contribution in [2.24, 2.45) is 0 Å². The van der Waals surface area contributed by atoms with Crippen LogP contribution in [0.25, 0.3) is 0 Å². The van der Waals surface area contributed by atoms with E-state index in [-0.39, 0.29) is 11.8 Å². The fourth-order valence-electron chi connectivity index (χ4n) is 2.14. The number of likely N-dealkylation sites (N-methyl/N-ethyl adjacent to an activating group) is 1. The van der Waals surface area contributed by atoms with Crippen molar-refractivity contribution in [3.8, 4) is 0 Å². The molecule has 0 bridgehead atoms. The number of nitrogens with zero attached hydrogens (tertiary/aromatic N) is 1. The normalized spacial score (nSPS) is 13.1. The second kappa shape index (κ2) is 5.80. The molecule has 0 spiro atoms. The van der Waals surface area contributed by atoms with Crippen LogP contribution in [0, 0.1) is 0 Å². The van der Waals surface area contributed by atoms with Crippen LogP contribution < -0.4 is 0 Å². The number of benzene rings is 1. The third kappa shape index (κ3) is 2.92. The molecule has 0 aromatic heterocycles. The number of carbonyl (C=O) groups excluding carboxylic acids is 1. The topological polar surface area (TPSA) is 20.3 Å². The summed E-state index contributed by atoms with van der Waals surface area (Å²) in [5.41, 5.74) is 1.09. The second-order valence-electron chi connectivity index (χ2n) is 4.35. The smallest absolute Gasteiger partial charge is 0.151 e. The lowest BCUT2D eigenvalue weighted by atomic mass is 10.0. The average Bonchev–Trinajstić information content (AvgIpc) is 2.25. The van der Waals surface area contributed by atoms with Crippen LogP contribution in [-0.2, 0) is 4.79 Å². The zero-order valence-corrected chi connectivity index (χ0v) is 10.6. The molecule has 1 aromatic rings. The summed E-state index contributed by atoms with van der Waals surface area (Å²) in [5, 5.41) is 0. The molecule has 1 rings (SSSR count). The third-order valence-electron chi connectivity index (χ3n) is 2.86. The number of Topliss-reactive ketones (excluding diaryl/α,β-unsaturated/α-hetero) is 1. The van der Waals surface area contributed by atoms with Crippen LogP contribution in [0.2, 0.25) is 0 Å². The molecular weight excluding hydrogens is 198 g/mol. The van der Waals surface area contributed by atoms with Gasteiger partial charge in [0.15, 0.2) is 5.78 Å². The number of carbonyl (C=O) groups is 1. The summed E-state index contributed by atoms with van der Waals surface area (Å²) < 4.78 is 0. The van der Waals surface area contributed by atoms with Gasteiger partial charge in [0.25, 0.3) is 0 Å². The molecule has 0 saturated heterocycles. The Bertz CT molecular complexity index is 332. The maximum Gasteiger partial charge on any atom is 0.151 e. The largest absolute Gasteiger partial charge is 0.298 e. The lowest BCUT2D eigenvalue weighted by Crippen LogP contribution is -2.38. The molecule has 0 aliphatic heterocycles. The first-order valence-corrected chi connectivity index (χ1v) is 5.89. The summed E-state index contributed by atoms with van der Waals surface area (Å²) in [7, 11) is 0. The highest BCUT2D eigenvalue weighted by molar-refractivity contribution is 5.82. The molecule has 0 radical (unpaired) electrons. The molecule has 2 nitrogen and oxygen atoms in total. The van der Waals surface area contributed by atoms with Crippen LogP contribution in [0.3, 0.4) is 0 Å². The first-order valence-electron chi connectivity index (χ1n) is 5.89. The molecule has 0 aliphatic carbocycles. The first-order chi connectivity index (χ1) is 7.57. The van der Waals surface area contributed by atoms with E-state index < -0.39 is 0 Å². The SMILES string of the molecule is CCN(C(C)C)C(C(C)=O)c1ccccc1. The number of rotatable bonds is 5. The van der Waals surface area contributed by atoms with Crippen molar-refractivity contribution in [3.63, 3.8) is 0 Å². The fourth-order valence-corrected chi connectivity index (χ4v) is 2.14. The van der Waals surface area contributed by atoms with Crippen molar-refractivity contribution >= 4 is 5.78 Å². The minimum Gasteiger partial charge on any atom is -0.298 e. The average molecular weight is 219 g/mol. The Morgan fingerprint density at radius 2 is 1.81 bits per heavy atom. The molecule has 0 aliphatic rings. The van der Waals surface area contributed by atoms with E-state index >= 15 is 0 Å². The third-order valence-corrected chi connectivity index (χ3v) is 2.86. The standard InChI is InChI=1S/C14H21NO/c1-5-15(11(2)3)14(12(4)16)13-9-7-6-8-10-13/h6-11,14H,5H2,1-4H3. The van der Waals surface area contributed by atoms with Crippen molar-refractivity contribution in [1.29, 1.82) is 0 Å².